The fraction of sp³-hybridized carbons (Fsp3) is 0.300. The van der Waals surface area contributed by atoms with E-state index in [0.29, 0.717) is 18.5 Å². The number of carbonyl (C=O) groups excluding carboxylic acids is 1. The average Bonchev–Trinajstić information content (AvgIpc) is 2.01. The second kappa shape index (κ2) is 4.69. The zero-order valence-electron chi connectivity index (χ0n) is 7.81. The van der Waals surface area contributed by atoms with Gasteiger partial charge < -0.3 is 5.32 Å². The van der Waals surface area contributed by atoms with Crippen molar-refractivity contribution in [3.63, 3.8) is 0 Å². The van der Waals surface area contributed by atoms with E-state index in [9.17, 15) is 13.6 Å². The van der Waals surface area contributed by atoms with Crippen molar-refractivity contribution in [3.05, 3.63) is 35.4 Å². The van der Waals surface area contributed by atoms with Crippen LogP contribution >= 0.6 is 0 Å². The summed E-state index contributed by atoms with van der Waals surface area (Å²) in [4.78, 5) is 10.5. The SMILES string of the molecule is CC(=O)NCCc1cc(F)cc(F)c1. The van der Waals surface area contributed by atoms with E-state index >= 15 is 0 Å². The van der Waals surface area contributed by atoms with Crippen molar-refractivity contribution in [3.8, 4) is 0 Å². The summed E-state index contributed by atoms with van der Waals surface area (Å²) in [6.45, 7) is 1.78. The largest absolute Gasteiger partial charge is 0.356 e. The van der Waals surface area contributed by atoms with Crippen LogP contribution in [0.5, 0.6) is 0 Å². The summed E-state index contributed by atoms with van der Waals surface area (Å²) in [5.74, 6) is -1.34. The average molecular weight is 199 g/mol. The van der Waals surface area contributed by atoms with Gasteiger partial charge in [0, 0.05) is 19.5 Å². The van der Waals surface area contributed by atoms with Gasteiger partial charge in [-0.3, -0.25) is 4.79 Å². The molecular formula is C10H11F2NO. The van der Waals surface area contributed by atoms with Gasteiger partial charge in [-0.05, 0) is 24.1 Å². The number of hydrogen-bond donors (Lipinski definition) is 1. The minimum Gasteiger partial charge on any atom is -0.356 e. The number of hydrogen-bond acceptors (Lipinski definition) is 1. The second-order valence-electron chi connectivity index (χ2n) is 3.01. The Morgan fingerprint density at radius 2 is 1.86 bits per heavy atom. The summed E-state index contributed by atoms with van der Waals surface area (Å²) in [6.07, 6.45) is 0.425. The summed E-state index contributed by atoms with van der Waals surface area (Å²) in [5.41, 5.74) is 0.538. The second-order valence-corrected chi connectivity index (χ2v) is 3.01. The molecule has 76 valence electrons. The monoisotopic (exact) mass is 199 g/mol. The smallest absolute Gasteiger partial charge is 0.216 e. The minimum atomic E-state index is -0.595. The molecule has 2 nitrogen and oxygen atoms in total. The van der Waals surface area contributed by atoms with Crippen molar-refractivity contribution in [2.75, 3.05) is 6.54 Å². The highest BCUT2D eigenvalue weighted by atomic mass is 19.1. The molecule has 0 aromatic heterocycles. The van der Waals surface area contributed by atoms with Crippen molar-refractivity contribution in [2.45, 2.75) is 13.3 Å². The highest BCUT2D eigenvalue weighted by Crippen LogP contribution is 2.07. The summed E-state index contributed by atoms with van der Waals surface area (Å²) < 4.78 is 25.4. The lowest BCUT2D eigenvalue weighted by Crippen LogP contribution is -2.22. The van der Waals surface area contributed by atoms with Crippen LogP contribution in [0.4, 0.5) is 8.78 Å². The molecule has 0 aliphatic heterocycles. The van der Waals surface area contributed by atoms with Gasteiger partial charge >= 0.3 is 0 Å². The molecule has 0 aliphatic rings. The molecule has 4 heteroatoms. The fourth-order valence-corrected chi connectivity index (χ4v) is 1.14. The van der Waals surface area contributed by atoms with Gasteiger partial charge in [0.05, 0.1) is 0 Å². The predicted molar refractivity (Wildman–Crippen MR) is 48.7 cm³/mol. The summed E-state index contributed by atoms with van der Waals surface area (Å²) in [5, 5.41) is 2.55. The number of carbonyl (C=O) groups is 1. The number of rotatable bonds is 3. The molecule has 0 fully saturated rings. The summed E-state index contributed by atoms with van der Waals surface area (Å²) in [7, 11) is 0. The Hall–Kier alpha value is -1.45. The molecule has 0 aliphatic carbocycles. The number of benzene rings is 1. The predicted octanol–water partition coefficient (Wildman–Crippen LogP) is 1.64. The molecule has 1 N–H and O–H groups in total. The molecule has 0 unspecified atom stereocenters. The third-order valence-corrected chi connectivity index (χ3v) is 1.71. The quantitative estimate of drug-likeness (QED) is 0.787. The van der Waals surface area contributed by atoms with Crippen molar-refractivity contribution in [1.82, 2.24) is 5.32 Å². The van der Waals surface area contributed by atoms with Crippen LogP contribution < -0.4 is 5.32 Å². The lowest BCUT2D eigenvalue weighted by molar-refractivity contribution is -0.118. The van der Waals surface area contributed by atoms with Gasteiger partial charge in [0.2, 0.25) is 5.91 Å². The van der Waals surface area contributed by atoms with E-state index in [1.165, 1.54) is 19.1 Å². The zero-order chi connectivity index (χ0) is 10.6. The van der Waals surface area contributed by atoms with Crippen LogP contribution in [0, 0.1) is 11.6 Å². The molecule has 1 amide bonds. The minimum absolute atomic E-state index is 0.151. The molecule has 14 heavy (non-hydrogen) atoms. The molecule has 1 aromatic carbocycles. The Balaban J connectivity index is 2.54. The highest BCUT2D eigenvalue weighted by Gasteiger charge is 2.00. The standard InChI is InChI=1S/C10H11F2NO/c1-7(14)13-3-2-8-4-9(11)6-10(12)5-8/h4-6H,2-3H2,1H3,(H,13,14). The number of halogens is 2. The Morgan fingerprint density at radius 1 is 1.29 bits per heavy atom. The third-order valence-electron chi connectivity index (χ3n) is 1.71. The van der Waals surface area contributed by atoms with E-state index in [0.717, 1.165) is 6.07 Å². The van der Waals surface area contributed by atoms with E-state index in [1.54, 1.807) is 0 Å². The molecule has 0 bridgehead atoms. The third kappa shape index (κ3) is 3.51. The summed E-state index contributed by atoms with van der Waals surface area (Å²) >= 11 is 0. The van der Waals surface area contributed by atoms with Crippen LogP contribution in [0.1, 0.15) is 12.5 Å². The Labute approximate surface area is 80.9 Å². The Kier molecular flexibility index (Phi) is 3.56. The van der Waals surface area contributed by atoms with E-state index in [1.807, 2.05) is 0 Å². The highest BCUT2D eigenvalue weighted by molar-refractivity contribution is 5.72. The first-order valence-corrected chi connectivity index (χ1v) is 4.27. The topological polar surface area (TPSA) is 29.1 Å². The lowest BCUT2D eigenvalue weighted by Gasteiger charge is -2.02. The van der Waals surface area contributed by atoms with Crippen molar-refractivity contribution >= 4 is 5.91 Å². The maximum Gasteiger partial charge on any atom is 0.216 e. The molecule has 1 aromatic rings. The normalized spacial score (nSPS) is 9.93. The maximum atomic E-state index is 12.7. The summed E-state index contributed by atoms with van der Waals surface area (Å²) in [6, 6.07) is 3.33. The van der Waals surface area contributed by atoms with Crippen LogP contribution in [-0.2, 0) is 11.2 Å². The van der Waals surface area contributed by atoms with E-state index < -0.39 is 11.6 Å². The first kappa shape index (κ1) is 10.6. The molecule has 0 heterocycles. The van der Waals surface area contributed by atoms with E-state index in [-0.39, 0.29) is 5.91 Å². The molecule has 0 radical (unpaired) electrons. The van der Waals surface area contributed by atoms with Crippen molar-refractivity contribution in [1.29, 1.82) is 0 Å². The van der Waals surface area contributed by atoms with Gasteiger partial charge in [0.1, 0.15) is 11.6 Å². The van der Waals surface area contributed by atoms with Crippen LogP contribution in [0.15, 0.2) is 18.2 Å². The van der Waals surface area contributed by atoms with Crippen LogP contribution in [-0.4, -0.2) is 12.5 Å². The molecule has 0 spiro atoms. The van der Waals surface area contributed by atoms with Crippen molar-refractivity contribution < 1.29 is 13.6 Å². The van der Waals surface area contributed by atoms with Crippen molar-refractivity contribution in [2.24, 2.45) is 0 Å². The molecule has 0 saturated heterocycles. The van der Waals surface area contributed by atoms with Gasteiger partial charge in [0.25, 0.3) is 0 Å². The fourth-order valence-electron chi connectivity index (χ4n) is 1.14. The number of nitrogens with one attached hydrogen (secondary N) is 1. The van der Waals surface area contributed by atoms with Gasteiger partial charge in [-0.15, -0.1) is 0 Å². The molecular weight excluding hydrogens is 188 g/mol. The van der Waals surface area contributed by atoms with Gasteiger partial charge in [-0.2, -0.15) is 0 Å². The van der Waals surface area contributed by atoms with Gasteiger partial charge in [0.15, 0.2) is 0 Å². The number of amides is 1. The maximum absolute atomic E-state index is 12.7. The molecule has 0 saturated carbocycles. The lowest BCUT2D eigenvalue weighted by atomic mass is 10.1. The Bertz CT molecular complexity index is 319. The molecule has 0 atom stereocenters. The first-order valence-electron chi connectivity index (χ1n) is 4.27. The Morgan fingerprint density at radius 3 is 2.36 bits per heavy atom. The van der Waals surface area contributed by atoms with Crippen LogP contribution in [0.2, 0.25) is 0 Å². The van der Waals surface area contributed by atoms with Crippen LogP contribution in [0.25, 0.3) is 0 Å². The first-order chi connectivity index (χ1) is 6.58. The van der Waals surface area contributed by atoms with Gasteiger partial charge in [-0.25, -0.2) is 8.78 Å². The van der Waals surface area contributed by atoms with E-state index in [2.05, 4.69) is 5.32 Å². The van der Waals surface area contributed by atoms with Crippen LogP contribution in [0.3, 0.4) is 0 Å². The molecule has 1 rings (SSSR count). The zero-order valence-corrected chi connectivity index (χ0v) is 7.81. The van der Waals surface area contributed by atoms with Gasteiger partial charge in [-0.1, -0.05) is 0 Å². The van der Waals surface area contributed by atoms with E-state index in [4.69, 9.17) is 0 Å².